The van der Waals surface area contributed by atoms with E-state index >= 15 is 0 Å². The Bertz CT molecular complexity index is 804. The minimum Gasteiger partial charge on any atom is -0.347 e. The quantitative estimate of drug-likeness (QED) is 0.341. The van der Waals surface area contributed by atoms with Crippen LogP contribution in [0.2, 0.25) is 0 Å². The van der Waals surface area contributed by atoms with Gasteiger partial charge in [-0.1, -0.05) is 45.0 Å². The zero-order valence-corrected chi connectivity index (χ0v) is 18.0. The first-order valence-corrected chi connectivity index (χ1v) is 10.7. The SMILES string of the molecule is CC(C)(C)C(NC(=O)NN)C(=O)N1CCC[C@H]1C(=O)N[C@@H]1CCCc2ccccc21. The van der Waals surface area contributed by atoms with E-state index in [1.807, 2.05) is 38.3 Å². The molecule has 8 nitrogen and oxygen atoms in total. The molecule has 0 aromatic heterocycles. The summed E-state index contributed by atoms with van der Waals surface area (Å²) in [4.78, 5) is 39.9. The summed E-state index contributed by atoms with van der Waals surface area (Å²) in [5, 5.41) is 5.82. The topological polar surface area (TPSA) is 117 Å². The predicted molar refractivity (Wildman–Crippen MR) is 114 cm³/mol. The standard InChI is InChI=1S/C22H33N5O3/c1-22(2,3)18(25-21(30)26-23)20(29)27-13-7-12-17(27)19(28)24-16-11-6-9-14-8-4-5-10-15(14)16/h4-5,8,10,16-18H,6-7,9,11-13,23H2,1-3H3,(H,24,28)(H2,25,26,30)/t16-,17+,18?/m1/s1. The number of carbonyl (C=O) groups is 3. The molecule has 1 aliphatic carbocycles. The van der Waals surface area contributed by atoms with Crippen LogP contribution in [0.1, 0.15) is 63.6 Å². The molecular weight excluding hydrogens is 382 g/mol. The van der Waals surface area contributed by atoms with Gasteiger partial charge in [-0.25, -0.2) is 10.6 Å². The monoisotopic (exact) mass is 415 g/mol. The second-order valence-corrected chi connectivity index (χ2v) is 9.26. The summed E-state index contributed by atoms with van der Waals surface area (Å²) in [7, 11) is 0. The Hall–Kier alpha value is -2.61. The van der Waals surface area contributed by atoms with Crippen molar-refractivity contribution in [2.24, 2.45) is 11.3 Å². The molecule has 30 heavy (non-hydrogen) atoms. The fourth-order valence-electron chi connectivity index (χ4n) is 4.46. The first kappa shape index (κ1) is 22.1. The lowest BCUT2D eigenvalue weighted by Gasteiger charge is -2.36. The summed E-state index contributed by atoms with van der Waals surface area (Å²) in [5.41, 5.74) is 3.92. The summed E-state index contributed by atoms with van der Waals surface area (Å²) < 4.78 is 0. The number of likely N-dealkylation sites (tertiary alicyclic amines) is 1. The molecule has 1 aliphatic heterocycles. The van der Waals surface area contributed by atoms with Gasteiger partial charge in [0, 0.05) is 6.54 Å². The molecule has 0 spiro atoms. The second kappa shape index (κ2) is 9.04. The third kappa shape index (κ3) is 4.75. The van der Waals surface area contributed by atoms with Crippen LogP contribution >= 0.6 is 0 Å². The number of nitrogens with zero attached hydrogens (tertiary/aromatic N) is 1. The molecular formula is C22H33N5O3. The van der Waals surface area contributed by atoms with Crippen molar-refractivity contribution in [3.05, 3.63) is 35.4 Å². The smallest absolute Gasteiger partial charge is 0.329 e. The highest BCUT2D eigenvalue weighted by molar-refractivity contribution is 5.93. The fraction of sp³-hybridized carbons (Fsp3) is 0.591. The first-order chi connectivity index (χ1) is 14.2. The Labute approximate surface area is 177 Å². The van der Waals surface area contributed by atoms with E-state index in [-0.39, 0.29) is 17.9 Å². The van der Waals surface area contributed by atoms with Crippen molar-refractivity contribution < 1.29 is 14.4 Å². The van der Waals surface area contributed by atoms with Crippen LogP contribution in [0, 0.1) is 5.41 Å². The van der Waals surface area contributed by atoms with Crippen LogP contribution in [0.25, 0.3) is 0 Å². The number of aryl methyl sites for hydroxylation is 1. The number of nitrogens with one attached hydrogen (secondary N) is 3. The van der Waals surface area contributed by atoms with E-state index in [2.05, 4.69) is 22.8 Å². The normalized spacial score (nSPS) is 22.1. The number of amides is 4. The van der Waals surface area contributed by atoms with E-state index in [1.165, 1.54) is 11.1 Å². The van der Waals surface area contributed by atoms with E-state index in [0.29, 0.717) is 13.0 Å². The van der Waals surface area contributed by atoms with Gasteiger partial charge in [0.05, 0.1) is 6.04 Å². The van der Waals surface area contributed by atoms with Gasteiger partial charge in [0.2, 0.25) is 11.8 Å². The first-order valence-electron chi connectivity index (χ1n) is 10.7. The van der Waals surface area contributed by atoms with Gasteiger partial charge in [-0.2, -0.15) is 0 Å². The Morgan fingerprint density at radius 1 is 1.13 bits per heavy atom. The van der Waals surface area contributed by atoms with Gasteiger partial charge in [-0.15, -0.1) is 0 Å². The number of hydrogen-bond donors (Lipinski definition) is 4. The molecule has 1 aromatic carbocycles. The zero-order chi connectivity index (χ0) is 21.9. The molecule has 0 radical (unpaired) electrons. The lowest BCUT2D eigenvalue weighted by Crippen LogP contribution is -2.59. The van der Waals surface area contributed by atoms with Crippen molar-refractivity contribution in [2.45, 2.75) is 71.0 Å². The van der Waals surface area contributed by atoms with Gasteiger partial charge in [-0.05, 0) is 48.6 Å². The van der Waals surface area contributed by atoms with Gasteiger partial charge in [-0.3, -0.25) is 15.0 Å². The number of fused-ring (bicyclic) bond motifs is 1. The maximum Gasteiger partial charge on any atom is 0.329 e. The number of nitrogens with two attached hydrogens (primary N) is 1. The highest BCUT2D eigenvalue weighted by Crippen LogP contribution is 2.31. The number of benzene rings is 1. The van der Waals surface area contributed by atoms with E-state index in [0.717, 1.165) is 25.7 Å². The molecule has 1 saturated heterocycles. The minimum atomic E-state index is -0.787. The van der Waals surface area contributed by atoms with Crippen LogP contribution < -0.4 is 21.9 Å². The number of hydrazine groups is 1. The fourth-order valence-corrected chi connectivity index (χ4v) is 4.46. The number of rotatable bonds is 4. The minimum absolute atomic E-state index is 0.0282. The molecule has 0 bridgehead atoms. The molecule has 8 heteroatoms. The number of carbonyl (C=O) groups excluding carboxylic acids is 3. The van der Waals surface area contributed by atoms with Crippen LogP contribution in [0.15, 0.2) is 24.3 Å². The molecule has 164 valence electrons. The molecule has 0 saturated carbocycles. The van der Waals surface area contributed by atoms with E-state index in [4.69, 9.17) is 5.84 Å². The molecule has 1 fully saturated rings. The van der Waals surface area contributed by atoms with Crippen molar-refractivity contribution in [1.82, 2.24) is 21.0 Å². The molecule has 5 N–H and O–H groups in total. The van der Waals surface area contributed by atoms with Crippen molar-refractivity contribution in [3.63, 3.8) is 0 Å². The Kier molecular flexibility index (Phi) is 6.65. The van der Waals surface area contributed by atoms with E-state index in [9.17, 15) is 14.4 Å². The van der Waals surface area contributed by atoms with Crippen LogP contribution in [-0.4, -0.2) is 41.4 Å². The molecule has 3 rings (SSSR count). The molecule has 2 aliphatic rings. The Balaban J connectivity index is 1.74. The van der Waals surface area contributed by atoms with Crippen molar-refractivity contribution in [2.75, 3.05) is 6.54 Å². The maximum absolute atomic E-state index is 13.3. The van der Waals surface area contributed by atoms with Crippen molar-refractivity contribution in [1.29, 1.82) is 0 Å². The summed E-state index contributed by atoms with van der Waals surface area (Å²) >= 11 is 0. The van der Waals surface area contributed by atoms with Gasteiger partial charge < -0.3 is 15.5 Å². The third-order valence-electron chi connectivity index (χ3n) is 6.04. The van der Waals surface area contributed by atoms with Crippen molar-refractivity contribution >= 4 is 17.8 Å². The lowest BCUT2D eigenvalue weighted by atomic mass is 9.85. The van der Waals surface area contributed by atoms with Gasteiger partial charge >= 0.3 is 6.03 Å². The van der Waals surface area contributed by atoms with Crippen molar-refractivity contribution in [3.8, 4) is 0 Å². The van der Waals surface area contributed by atoms with Gasteiger partial charge in [0.15, 0.2) is 0 Å². The van der Waals surface area contributed by atoms with Gasteiger partial charge in [0.25, 0.3) is 0 Å². The summed E-state index contributed by atoms with van der Waals surface area (Å²) in [6.45, 7) is 6.11. The molecule has 3 atom stereocenters. The average Bonchev–Trinajstić information content (AvgIpc) is 3.21. The zero-order valence-electron chi connectivity index (χ0n) is 18.0. The molecule has 1 aromatic rings. The summed E-state index contributed by atoms with van der Waals surface area (Å²) in [6.07, 6.45) is 4.32. The Morgan fingerprint density at radius 2 is 1.87 bits per heavy atom. The van der Waals surface area contributed by atoms with Crippen LogP contribution in [0.5, 0.6) is 0 Å². The summed E-state index contributed by atoms with van der Waals surface area (Å²) in [6, 6.07) is 6.24. The lowest BCUT2D eigenvalue weighted by molar-refractivity contribution is -0.142. The average molecular weight is 416 g/mol. The Morgan fingerprint density at radius 3 is 2.57 bits per heavy atom. The highest BCUT2D eigenvalue weighted by atomic mass is 16.2. The van der Waals surface area contributed by atoms with Crippen LogP contribution in [-0.2, 0) is 16.0 Å². The second-order valence-electron chi connectivity index (χ2n) is 9.26. The van der Waals surface area contributed by atoms with Crippen LogP contribution in [0.4, 0.5) is 4.79 Å². The number of urea groups is 1. The predicted octanol–water partition coefficient (Wildman–Crippen LogP) is 1.76. The maximum atomic E-state index is 13.3. The van der Waals surface area contributed by atoms with Gasteiger partial charge in [0.1, 0.15) is 12.1 Å². The van der Waals surface area contributed by atoms with Crippen LogP contribution in [0.3, 0.4) is 0 Å². The molecule has 4 amide bonds. The third-order valence-corrected chi connectivity index (χ3v) is 6.04. The van der Waals surface area contributed by atoms with E-state index in [1.54, 1.807) is 4.90 Å². The molecule has 1 heterocycles. The summed E-state index contributed by atoms with van der Waals surface area (Å²) in [5.74, 6) is 4.80. The number of hydrogen-bond acceptors (Lipinski definition) is 4. The van der Waals surface area contributed by atoms with E-state index < -0.39 is 23.5 Å². The largest absolute Gasteiger partial charge is 0.347 e. The molecule has 1 unspecified atom stereocenters. The highest BCUT2D eigenvalue weighted by Gasteiger charge is 2.42.